The summed E-state index contributed by atoms with van der Waals surface area (Å²) >= 11 is 0. The van der Waals surface area contributed by atoms with Crippen molar-refractivity contribution in [2.75, 3.05) is 36.5 Å². The number of nitrogens with two attached hydrogens (primary N) is 2. The quantitative estimate of drug-likeness (QED) is 0.694. The Morgan fingerprint density at radius 2 is 2.22 bits per heavy atom. The van der Waals surface area contributed by atoms with Crippen LogP contribution < -0.4 is 20.6 Å². The van der Waals surface area contributed by atoms with E-state index in [1.54, 1.807) is 12.1 Å². The number of rotatable bonds is 3. The van der Waals surface area contributed by atoms with E-state index in [2.05, 4.69) is 0 Å². The molecule has 7 nitrogen and oxygen atoms in total. The molecule has 2 rings (SSSR count). The highest BCUT2D eigenvalue weighted by atomic mass is 31.2. The van der Waals surface area contributed by atoms with E-state index in [1.165, 1.54) is 17.8 Å². The first-order valence-electron chi connectivity index (χ1n) is 5.47. The summed E-state index contributed by atoms with van der Waals surface area (Å²) < 4.78 is 18.2. The lowest BCUT2D eigenvalue weighted by molar-refractivity contribution is 0.201. The van der Waals surface area contributed by atoms with Crippen molar-refractivity contribution >= 4 is 19.0 Å². The fourth-order valence-electron chi connectivity index (χ4n) is 1.87. The van der Waals surface area contributed by atoms with Gasteiger partial charge in [-0.1, -0.05) is 6.07 Å². The first-order valence-corrected chi connectivity index (χ1v) is 7.27. The second-order valence-corrected chi connectivity index (χ2v) is 6.09. The summed E-state index contributed by atoms with van der Waals surface area (Å²) in [7, 11) is -1.97. The second-order valence-electron chi connectivity index (χ2n) is 4.14. The number of para-hydroxylation sites is 1. The summed E-state index contributed by atoms with van der Waals surface area (Å²) in [5, 5.41) is 9.94. The molecule has 0 amide bonds. The molecule has 0 radical (unpaired) electrons. The van der Waals surface area contributed by atoms with Crippen molar-refractivity contribution in [1.82, 2.24) is 0 Å². The maximum Gasteiger partial charge on any atom is 0.300 e. The van der Waals surface area contributed by atoms with Crippen molar-refractivity contribution in [2.45, 2.75) is 0 Å². The van der Waals surface area contributed by atoms with Crippen LogP contribution in [-0.2, 0) is 9.30 Å². The van der Waals surface area contributed by atoms with Gasteiger partial charge in [-0.2, -0.15) is 0 Å². The van der Waals surface area contributed by atoms with Gasteiger partial charge in [0, 0.05) is 13.6 Å². The average Bonchev–Trinajstić information content (AvgIpc) is 2.79. The van der Waals surface area contributed by atoms with Gasteiger partial charge in [0.1, 0.15) is 18.2 Å². The number of phenolic OH excluding ortho intramolecular Hbond substituents is 1. The molecular formula is C10H17N4O3P. The molecule has 1 aromatic rings. The summed E-state index contributed by atoms with van der Waals surface area (Å²) in [6.07, 6.45) is 0. The highest BCUT2D eigenvalue weighted by Gasteiger charge is 2.26. The fraction of sp³-hybridized carbons (Fsp3) is 0.400. The van der Waals surface area contributed by atoms with Crippen LogP contribution in [-0.4, -0.2) is 32.0 Å². The predicted molar refractivity (Wildman–Crippen MR) is 70.7 cm³/mol. The minimum atomic E-state index is -3.47. The number of benzene rings is 1. The van der Waals surface area contributed by atoms with E-state index >= 15 is 0 Å². The van der Waals surface area contributed by atoms with Gasteiger partial charge < -0.3 is 14.7 Å². The van der Waals surface area contributed by atoms with E-state index < -0.39 is 7.59 Å². The van der Waals surface area contributed by atoms with Crippen LogP contribution in [0.1, 0.15) is 0 Å². The molecule has 0 unspecified atom stereocenters. The zero-order valence-electron chi connectivity index (χ0n) is 10.1. The zero-order chi connectivity index (χ0) is 13.3. The topological polar surface area (TPSA) is 105 Å². The summed E-state index contributed by atoms with van der Waals surface area (Å²) in [5.74, 6) is -0.0157. The average molecular weight is 272 g/mol. The van der Waals surface area contributed by atoms with E-state index in [1.807, 2.05) is 4.90 Å². The molecule has 0 aromatic heterocycles. The Bertz CT molecular complexity index is 484. The van der Waals surface area contributed by atoms with E-state index in [-0.39, 0.29) is 5.75 Å². The monoisotopic (exact) mass is 272 g/mol. The predicted octanol–water partition coefficient (Wildman–Crippen LogP) is 0.648. The number of hydrogen-bond donors (Lipinski definition) is 3. The maximum absolute atomic E-state index is 11.8. The highest BCUT2D eigenvalue weighted by molar-refractivity contribution is 7.60. The van der Waals surface area contributed by atoms with Crippen LogP contribution in [0.4, 0.5) is 11.4 Å². The summed E-state index contributed by atoms with van der Waals surface area (Å²) in [6, 6.07) is 5.01. The molecule has 8 heteroatoms. The Hall–Kier alpha value is -1.27. The molecule has 0 bridgehead atoms. The molecule has 0 atom stereocenters. The molecule has 100 valence electrons. The van der Waals surface area contributed by atoms with Gasteiger partial charge in [0.25, 0.3) is 0 Å². The van der Waals surface area contributed by atoms with Crippen molar-refractivity contribution in [3.05, 3.63) is 18.2 Å². The van der Waals surface area contributed by atoms with Crippen molar-refractivity contribution in [1.29, 1.82) is 0 Å². The molecule has 0 saturated carbocycles. The molecular weight excluding hydrogens is 255 g/mol. The second kappa shape index (κ2) is 4.78. The minimum Gasteiger partial charge on any atom is -0.506 e. The molecule has 0 spiro atoms. The maximum atomic E-state index is 11.8. The third kappa shape index (κ3) is 2.44. The van der Waals surface area contributed by atoms with Crippen molar-refractivity contribution < 1.29 is 14.4 Å². The number of phenols is 1. The van der Waals surface area contributed by atoms with Crippen molar-refractivity contribution in [3.8, 4) is 5.75 Å². The Labute approximate surface area is 105 Å². The molecule has 1 aliphatic rings. The Balaban J connectivity index is 2.47. The first kappa shape index (κ1) is 13.2. The van der Waals surface area contributed by atoms with Gasteiger partial charge in [-0.25, -0.2) is 0 Å². The molecule has 5 N–H and O–H groups in total. The number of ether oxygens (including phenoxy) is 1. The largest absolute Gasteiger partial charge is 0.506 e. The molecule has 1 aromatic carbocycles. The number of anilines is 2. The fourth-order valence-corrected chi connectivity index (χ4v) is 2.38. The summed E-state index contributed by atoms with van der Waals surface area (Å²) in [5.41, 5.74) is 11.9. The summed E-state index contributed by atoms with van der Waals surface area (Å²) in [4.78, 5) is 1.92. The van der Waals surface area contributed by atoms with E-state index in [4.69, 9.17) is 15.7 Å². The highest BCUT2D eigenvalue weighted by Crippen LogP contribution is 2.46. The van der Waals surface area contributed by atoms with Gasteiger partial charge in [-0.15, -0.1) is 0 Å². The normalized spacial score (nSPS) is 16.1. The lowest BCUT2D eigenvalue weighted by atomic mass is 10.2. The van der Waals surface area contributed by atoms with Crippen LogP contribution in [0.2, 0.25) is 0 Å². The van der Waals surface area contributed by atoms with Crippen LogP contribution >= 0.6 is 7.59 Å². The Morgan fingerprint density at radius 1 is 1.50 bits per heavy atom. The van der Waals surface area contributed by atoms with Crippen LogP contribution in [0.25, 0.3) is 0 Å². The van der Waals surface area contributed by atoms with Gasteiger partial charge in [-0.05, 0) is 12.1 Å². The Morgan fingerprint density at radius 3 is 2.78 bits per heavy atom. The van der Waals surface area contributed by atoms with Gasteiger partial charge >= 0.3 is 7.59 Å². The van der Waals surface area contributed by atoms with Crippen LogP contribution in [0.15, 0.2) is 18.2 Å². The summed E-state index contributed by atoms with van der Waals surface area (Å²) in [6.45, 7) is 1.73. The van der Waals surface area contributed by atoms with Gasteiger partial charge in [-0.3, -0.25) is 20.2 Å². The molecule has 18 heavy (non-hydrogen) atoms. The SMILES string of the molecule is CN(c1c(O)cccc1N1CCOC1)P(N)(N)=O. The van der Waals surface area contributed by atoms with Crippen LogP contribution in [0, 0.1) is 0 Å². The zero-order valence-corrected chi connectivity index (χ0v) is 11.0. The van der Waals surface area contributed by atoms with Gasteiger partial charge in [0.05, 0.1) is 12.3 Å². The van der Waals surface area contributed by atoms with Gasteiger partial charge in [0.2, 0.25) is 0 Å². The number of hydrogen-bond acceptors (Lipinski definition) is 4. The Kier molecular flexibility index (Phi) is 3.49. The molecule has 1 heterocycles. The minimum absolute atomic E-state index is 0.0157. The third-order valence-corrected chi connectivity index (χ3v) is 4.02. The van der Waals surface area contributed by atoms with E-state index in [9.17, 15) is 9.67 Å². The lowest BCUT2D eigenvalue weighted by Gasteiger charge is -2.29. The number of nitrogens with zero attached hydrogens (tertiary/aromatic N) is 2. The standard InChI is InChI=1S/C10H17N4O3P/c1-13(18(11,12)16)10-8(3-2-4-9(10)15)14-5-6-17-7-14/h2-4,15H,5-7H2,1H3,(H4,11,12,16). The van der Waals surface area contributed by atoms with Crippen LogP contribution in [0.3, 0.4) is 0 Å². The molecule has 1 aliphatic heterocycles. The van der Waals surface area contributed by atoms with Crippen molar-refractivity contribution in [2.24, 2.45) is 11.0 Å². The molecule has 1 saturated heterocycles. The first-order chi connectivity index (χ1) is 8.41. The smallest absolute Gasteiger partial charge is 0.300 e. The molecule has 1 fully saturated rings. The number of aromatic hydroxyl groups is 1. The van der Waals surface area contributed by atoms with Gasteiger partial charge in [0.15, 0.2) is 0 Å². The lowest BCUT2D eigenvalue weighted by Crippen LogP contribution is -2.28. The van der Waals surface area contributed by atoms with Crippen LogP contribution in [0.5, 0.6) is 5.75 Å². The van der Waals surface area contributed by atoms with E-state index in [0.29, 0.717) is 31.3 Å². The third-order valence-electron chi connectivity index (χ3n) is 2.88. The molecule has 0 aliphatic carbocycles. The van der Waals surface area contributed by atoms with Crippen molar-refractivity contribution in [3.63, 3.8) is 0 Å². The van der Waals surface area contributed by atoms with E-state index in [0.717, 1.165) is 0 Å².